The molecule has 1 aromatic heterocycles. The summed E-state index contributed by atoms with van der Waals surface area (Å²) >= 11 is 5.88. The number of rotatable bonds is 4. The van der Waals surface area contributed by atoms with E-state index in [1.165, 1.54) is 6.20 Å². The number of ether oxygens (including phenoxy) is 1. The predicted molar refractivity (Wildman–Crippen MR) is 61.9 cm³/mol. The van der Waals surface area contributed by atoms with Crippen LogP contribution in [-0.4, -0.2) is 30.1 Å². The van der Waals surface area contributed by atoms with Crippen LogP contribution in [0.5, 0.6) is 0 Å². The number of carbonyl (C=O) groups is 2. The molecule has 1 heterocycles. The minimum absolute atomic E-state index is 0.0119. The fourth-order valence-corrected chi connectivity index (χ4v) is 1.40. The van der Waals surface area contributed by atoms with E-state index in [4.69, 9.17) is 17.3 Å². The Bertz CT molecular complexity index is 437. The first-order valence-electron chi connectivity index (χ1n) is 4.83. The number of nitrogens with zero attached hydrogens (tertiary/aromatic N) is 1. The highest BCUT2D eigenvalue weighted by Gasteiger charge is 2.10. The highest BCUT2D eigenvalue weighted by molar-refractivity contribution is 6.33. The molecule has 0 saturated heterocycles. The Morgan fingerprint density at radius 2 is 2.29 bits per heavy atom. The minimum atomic E-state index is -0.880. The summed E-state index contributed by atoms with van der Waals surface area (Å²) < 4.78 is 4.45. The van der Waals surface area contributed by atoms with Crippen LogP contribution in [-0.2, 0) is 4.74 Å². The molecule has 1 rings (SSSR count). The lowest BCUT2D eigenvalue weighted by Crippen LogP contribution is -2.29. The fraction of sp³-hybridized carbons (Fsp3) is 0.300. The van der Waals surface area contributed by atoms with Gasteiger partial charge in [0.25, 0.3) is 5.91 Å². The molecule has 17 heavy (non-hydrogen) atoms. The zero-order valence-electron chi connectivity index (χ0n) is 9.20. The van der Waals surface area contributed by atoms with Crippen LogP contribution >= 0.6 is 11.6 Å². The third-order valence-corrected chi connectivity index (χ3v) is 2.18. The van der Waals surface area contributed by atoms with Crippen molar-refractivity contribution < 1.29 is 14.3 Å². The van der Waals surface area contributed by atoms with E-state index in [1.807, 2.05) is 0 Å². The molecule has 3 N–H and O–H groups in total. The smallest absolute Gasteiger partial charge is 0.404 e. The number of amides is 2. The number of aromatic nitrogens is 1. The van der Waals surface area contributed by atoms with Gasteiger partial charge in [0.2, 0.25) is 0 Å². The summed E-state index contributed by atoms with van der Waals surface area (Å²) in [6.07, 6.45) is 0.511. The SMILES string of the molecule is Cc1cc(Cl)c(C(=O)NCCOC(N)=O)cn1. The summed E-state index contributed by atoms with van der Waals surface area (Å²) in [5.74, 6) is -0.379. The van der Waals surface area contributed by atoms with Gasteiger partial charge in [0.1, 0.15) is 6.61 Å². The molecule has 0 aromatic carbocycles. The fourth-order valence-electron chi connectivity index (χ4n) is 1.10. The van der Waals surface area contributed by atoms with Gasteiger partial charge in [-0.25, -0.2) is 4.79 Å². The number of nitrogens with two attached hydrogens (primary N) is 1. The lowest BCUT2D eigenvalue weighted by atomic mass is 10.2. The topological polar surface area (TPSA) is 94.3 Å². The summed E-state index contributed by atoms with van der Waals surface area (Å²) in [6, 6.07) is 1.59. The lowest BCUT2D eigenvalue weighted by molar-refractivity contribution is 0.0936. The highest BCUT2D eigenvalue weighted by Crippen LogP contribution is 2.15. The molecule has 92 valence electrons. The van der Waals surface area contributed by atoms with E-state index in [0.717, 1.165) is 5.69 Å². The maximum absolute atomic E-state index is 11.6. The van der Waals surface area contributed by atoms with Crippen molar-refractivity contribution in [2.24, 2.45) is 5.73 Å². The van der Waals surface area contributed by atoms with Gasteiger partial charge in [-0.15, -0.1) is 0 Å². The molecule has 1 aromatic rings. The van der Waals surface area contributed by atoms with Gasteiger partial charge in [-0.1, -0.05) is 11.6 Å². The zero-order chi connectivity index (χ0) is 12.8. The van der Waals surface area contributed by atoms with Crippen LogP contribution in [0.2, 0.25) is 5.02 Å². The number of nitrogens with one attached hydrogen (secondary N) is 1. The standard InChI is InChI=1S/C10H12ClN3O3/c1-6-4-8(11)7(5-14-6)9(15)13-2-3-17-10(12)16/h4-5H,2-3H2,1H3,(H2,12,16)(H,13,15). The van der Waals surface area contributed by atoms with E-state index in [9.17, 15) is 9.59 Å². The highest BCUT2D eigenvalue weighted by atomic mass is 35.5. The Labute approximate surface area is 103 Å². The van der Waals surface area contributed by atoms with Gasteiger partial charge < -0.3 is 15.8 Å². The molecule has 0 radical (unpaired) electrons. The van der Waals surface area contributed by atoms with Gasteiger partial charge in [-0.3, -0.25) is 9.78 Å². The van der Waals surface area contributed by atoms with Crippen LogP contribution in [0.4, 0.5) is 4.79 Å². The summed E-state index contributed by atoms with van der Waals surface area (Å²) in [5.41, 5.74) is 5.76. The van der Waals surface area contributed by atoms with Crippen LogP contribution in [0.15, 0.2) is 12.3 Å². The van der Waals surface area contributed by atoms with Crippen LogP contribution in [0.1, 0.15) is 16.1 Å². The van der Waals surface area contributed by atoms with Crippen molar-refractivity contribution in [1.82, 2.24) is 10.3 Å². The Balaban J connectivity index is 2.50. The maximum atomic E-state index is 11.6. The van der Waals surface area contributed by atoms with E-state index in [0.29, 0.717) is 5.02 Å². The summed E-state index contributed by atoms with van der Waals surface area (Å²) in [4.78, 5) is 25.8. The average molecular weight is 258 g/mol. The van der Waals surface area contributed by atoms with Crippen molar-refractivity contribution in [1.29, 1.82) is 0 Å². The number of halogens is 1. The van der Waals surface area contributed by atoms with Crippen LogP contribution in [0.3, 0.4) is 0 Å². The first-order valence-corrected chi connectivity index (χ1v) is 5.21. The molecule has 0 saturated carbocycles. The molecule has 0 atom stereocenters. The van der Waals surface area contributed by atoms with E-state index >= 15 is 0 Å². The summed E-state index contributed by atoms with van der Waals surface area (Å²) in [6.45, 7) is 1.94. The predicted octanol–water partition coefficient (Wildman–Crippen LogP) is 0.869. The summed E-state index contributed by atoms with van der Waals surface area (Å²) in [5, 5.41) is 2.84. The minimum Gasteiger partial charge on any atom is -0.448 e. The zero-order valence-corrected chi connectivity index (χ0v) is 9.95. The van der Waals surface area contributed by atoms with Crippen molar-refractivity contribution >= 4 is 23.6 Å². The number of carbonyl (C=O) groups excluding carboxylic acids is 2. The first-order chi connectivity index (χ1) is 8.00. The Hall–Kier alpha value is -1.82. The Kier molecular flexibility index (Phi) is 4.71. The summed E-state index contributed by atoms with van der Waals surface area (Å²) in [7, 11) is 0. The van der Waals surface area contributed by atoms with Crippen molar-refractivity contribution in [3.05, 3.63) is 28.5 Å². The van der Waals surface area contributed by atoms with E-state index in [2.05, 4.69) is 15.0 Å². The molecule has 6 nitrogen and oxygen atoms in total. The third kappa shape index (κ3) is 4.28. The maximum Gasteiger partial charge on any atom is 0.404 e. The average Bonchev–Trinajstić information content (AvgIpc) is 2.23. The van der Waals surface area contributed by atoms with Gasteiger partial charge in [0.15, 0.2) is 0 Å². The lowest BCUT2D eigenvalue weighted by Gasteiger charge is -2.06. The first kappa shape index (κ1) is 13.2. The molecule has 0 fully saturated rings. The molecule has 0 aliphatic carbocycles. The van der Waals surface area contributed by atoms with Crippen LogP contribution in [0.25, 0.3) is 0 Å². The van der Waals surface area contributed by atoms with Crippen molar-refractivity contribution in [3.63, 3.8) is 0 Å². The largest absolute Gasteiger partial charge is 0.448 e. The molecule has 0 bridgehead atoms. The van der Waals surface area contributed by atoms with Crippen LogP contribution < -0.4 is 11.1 Å². The van der Waals surface area contributed by atoms with E-state index in [1.54, 1.807) is 13.0 Å². The molecule has 0 aliphatic rings. The normalized spacial score (nSPS) is 9.76. The van der Waals surface area contributed by atoms with E-state index in [-0.39, 0.29) is 24.6 Å². The molecule has 0 unspecified atom stereocenters. The van der Waals surface area contributed by atoms with Crippen LogP contribution in [0, 0.1) is 6.92 Å². The van der Waals surface area contributed by atoms with Gasteiger partial charge in [-0.2, -0.15) is 0 Å². The van der Waals surface area contributed by atoms with Gasteiger partial charge in [-0.05, 0) is 13.0 Å². The Morgan fingerprint density at radius 3 is 2.88 bits per heavy atom. The number of pyridine rings is 1. The molecular weight excluding hydrogens is 246 g/mol. The van der Waals surface area contributed by atoms with Crippen molar-refractivity contribution in [2.45, 2.75) is 6.92 Å². The second-order valence-corrected chi connectivity index (χ2v) is 3.64. The molecular formula is C10H12ClN3O3. The molecule has 0 aliphatic heterocycles. The van der Waals surface area contributed by atoms with E-state index < -0.39 is 6.09 Å². The number of hydrogen-bond donors (Lipinski definition) is 2. The van der Waals surface area contributed by atoms with Crippen molar-refractivity contribution in [3.8, 4) is 0 Å². The van der Waals surface area contributed by atoms with Crippen molar-refractivity contribution in [2.75, 3.05) is 13.2 Å². The number of primary amides is 1. The monoisotopic (exact) mass is 257 g/mol. The molecule has 7 heteroatoms. The number of hydrogen-bond acceptors (Lipinski definition) is 4. The quantitative estimate of drug-likeness (QED) is 0.783. The number of aryl methyl sites for hydroxylation is 1. The molecule has 2 amide bonds. The van der Waals surface area contributed by atoms with Gasteiger partial charge >= 0.3 is 6.09 Å². The van der Waals surface area contributed by atoms with Gasteiger partial charge in [0.05, 0.1) is 17.1 Å². The Morgan fingerprint density at radius 1 is 1.59 bits per heavy atom. The second-order valence-electron chi connectivity index (χ2n) is 3.23. The van der Waals surface area contributed by atoms with Gasteiger partial charge in [0, 0.05) is 11.9 Å². The third-order valence-electron chi connectivity index (χ3n) is 1.87. The molecule has 0 spiro atoms. The second kappa shape index (κ2) is 6.05.